The Morgan fingerprint density at radius 1 is 1.09 bits per heavy atom. The van der Waals surface area contributed by atoms with E-state index in [2.05, 4.69) is 21.0 Å². The fraction of sp³-hybridized carbons (Fsp3) is 0.346. The lowest BCUT2D eigenvalue weighted by atomic mass is 9.73. The van der Waals surface area contributed by atoms with Crippen LogP contribution in [0.25, 0.3) is 16.8 Å². The van der Waals surface area contributed by atoms with Crippen molar-refractivity contribution >= 4 is 11.3 Å². The van der Waals surface area contributed by atoms with Gasteiger partial charge < -0.3 is 15.4 Å². The van der Waals surface area contributed by atoms with Crippen LogP contribution >= 0.6 is 0 Å². The molecule has 1 atom stereocenters. The maximum absolute atomic E-state index is 14.6. The van der Waals surface area contributed by atoms with Crippen LogP contribution in [-0.2, 0) is 6.42 Å². The van der Waals surface area contributed by atoms with Crippen LogP contribution in [0.3, 0.4) is 0 Å². The minimum absolute atomic E-state index is 0.0472. The van der Waals surface area contributed by atoms with Crippen molar-refractivity contribution in [3.8, 4) is 17.1 Å². The molecule has 4 heterocycles. The number of rotatable bonds is 3. The molecule has 6 rings (SSSR count). The summed E-state index contributed by atoms with van der Waals surface area (Å²) >= 11 is 0. The van der Waals surface area contributed by atoms with Gasteiger partial charge in [0.25, 0.3) is 0 Å². The number of ether oxygens (including phenoxy) is 1. The van der Waals surface area contributed by atoms with Gasteiger partial charge in [-0.1, -0.05) is 12.1 Å². The maximum Gasteiger partial charge on any atom is 0.213 e. The molecule has 2 aliphatic rings. The molecule has 1 spiro atoms. The first-order valence-electron chi connectivity index (χ1n) is 11.7. The van der Waals surface area contributed by atoms with Gasteiger partial charge in [-0.3, -0.25) is 0 Å². The van der Waals surface area contributed by atoms with Crippen molar-refractivity contribution in [2.75, 3.05) is 25.1 Å². The summed E-state index contributed by atoms with van der Waals surface area (Å²) in [7, 11) is 1.61. The highest BCUT2D eigenvalue weighted by molar-refractivity contribution is 5.75. The molecule has 9 heteroatoms. The van der Waals surface area contributed by atoms with E-state index in [-0.39, 0.29) is 17.0 Å². The first kappa shape index (κ1) is 21.9. The number of fused-ring (bicyclic) bond motifs is 2. The Kier molecular flexibility index (Phi) is 5.00. The molecular formula is C26H26F2N6O. The number of hydrogen-bond donors (Lipinski definition) is 1. The Bertz CT molecular complexity index is 1440. The average molecular weight is 477 g/mol. The number of anilines is 1. The molecule has 1 saturated heterocycles. The quantitative estimate of drug-likeness (QED) is 0.477. The third-order valence-electron chi connectivity index (χ3n) is 7.66. The van der Waals surface area contributed by atoms with Crippen molar-refractivity contribution in [1.29, 1.82) is 0 Å². The highest BCUT2D eigenvalue weighted by Gasteiger charge is 2.47. The normalized spacial score (nSPS) is 18.9. The highest BCUT2D eigenvalue weighted by Crippen LogP contribution is 2.51. The number of aromatic nitrogens is 4. The Balaban J connectivity index is 1.32. The van der Waals surface area contributed by atoms with Crippen LogP contribution in [0.2, 0.25) is 0 Å². The van der Waals surface area contributed by atoms with E-state index in [9.17, 15) is 8.78 Å². The number of methoxy groups -OCH3 is 1. The SMILES string of the molecule is COc1ccc2c(n1)[C@@H](N)C1(CCN(c3nc(C)c(-c4cccc(F)c4F)n4nccc34)CC1)C2. The summed E-state index contributed by atoms with van der Waals surface area (Å²) in [5.74, 6) is -0.416. The molecule has 0 radical (unpaired) electrons. The molecule has 1 fully saturated rings. The lowest BCUT2D eigenvalue weighted by molar-refractivity contribution is 0.185. The van der Waals surface area contributed by atoms with E-state index in [1.54, 1.807) is 30.8 Å². The molecule has 4 aromatic rings. The zero-order chi connectivity index (χ0) is 24.3. The summed E-state index contributed by atoms with van der Waals surface area (Å²) in [6, 6.07) is 9.85. The number of pyridine rings is 1. The predicted molar refractivity (Wildman–Crippen MR) is 128 cm³/mol. The molecule has 0 unspecified atom stereocenters. The highest BCUT2D eigenvalue weighted by atomic mass is 19.2. The van der Waals surface area contributed by atoms with Crippen LogP contribution in [0, 0.1) is 24.0 Å². The summed E-state index contributed by atoms with van der Waals surface area (Å²) in [5, 5.41) is 4.43. The summed E-state index contributed by atoms with van der Waals surface area (Å²) in [5.41, 5.74) is 10.8. The molecule has 0 bridgehead atoms. The molecule has 35 heavy (non-hydrogen) atoms. The first-order valence-corrected chi connectivity index (χ1v) is 11.7. The van der Waals surface area contributed by atoms with E-state index in [1.807, 2.05) is 12.1 Å². The van der Waals surface area contributed by atoms with Gasteiger partial charge in [0.15, 0.2) is 17.5 Å². The number of piperidine rings is 1. The molecule has 0 saturated carbocycles. The van der Waals surface area contributed by atoms with E-state index >= 15 is 0 Å². The summed E-state index contributed by atoms with van der Waals surface area (Å²) in [6.07, 6.45) is 4.36. The Hall–Kier alpha value is -3.59. The molecule has 1 aliphatic heterocycles. The lowest BCUT2D eigenvalue weighted by Crippen LogP contribution is -2.45. The van der Waals surface area contributed by atoms with Crippen LogP contribution in [0.1, 0.15) is 35.8 Å². The van der Waals surface area contributed by atoms with Gasteiger partial charge in [-0.15, -0.1) is 0 Å². The second-order valence-corrected chi connectivity index (χ2v) is 9.50. The molecule has 1 aliphatic carbocycles. The average Bonchev–Trinajstić information content (AvgIpc) is 3.45. The molecule has 7 nitrogen and oxygen atoms in total. The van der Waals surface area contributed by atoms with E-state index in [0.717, 1.165) is 55.4 Å². The number of benzene rings is 1. The summed E-state index contributed by atoms with van der Waals surface area (Å²) in [4.78, 5) is 11.7. The van der Waals surface area contributed by atoms with E-state index in [1.165, 1.54) is 11.6 Å². The fourth-order valence-electron chi connectivity index (χ4n) is 5.75. The lowest BCUT2D eigenvalue weighted by Gasteiger charge is -2.42. The third-order valence-corrected chi connectivity index (χ3v) is 7.66. The molecule has 0 amide bonds. The van der Waals surface area contributed by atoms with Crippen molar-refractivity contribution in [2.45, 2.75) is 32.2 Å². The third kappa shape index (κ3) is 3.29. The van der Waals surface area contributed by atoms with Gasteiger partial charge in [-0.25, -0.2) is 23.3 Å². The number of halogens is 2. The van der Waals surface area contributed by atoms with Crippen LogP contribution in [0.5, 0.6) is 5.88 Å². The Morgan fingerprint density at radius 2 is 1.89 bits per heavy atom. The number of aryl methyl sites for hydroxylation is 1. The number of hydrogen-bond acceptors (Lipinski definition) is 6. The van der Waals surface area contributed by atoms with Crippen molar-refractivity contribution in [2.24, 2.45) is 11.1 Å². The smallest absolute Gasteiger partial charge is 0.213 e. The second kappa shape index (κ2) is 7.98. The van der Waals surface area contributed by atoms with Crippen molar-refractivity contribution < 1.29 is 13.5 Å². The predicted octanol–water partition coefficient (Wildman–Crippen LogP) is 4.23. The van der Waals surface area contributed by atoms with Crippen molar-refractivity contribution in [3.05, 3.63) is 71.2 Å². The van der Waals surface area contributed by atoms with E-state index in [0.29, 0.717) is 17.3 Å². The van der Waals surface area contributed by atoms with Gasteiger partial charge in [-0.2, -0.15) is 5.10 Å². The van der Waals surface area contributed by atoms with Gasteiger partial charge in [0, 0.05) is 24.7 Å². The molecule has 180 valence electrons. The number of nitrogens with two attached hydrogens (primary N) is 1. The van der Waals surface area contributed by atoms with Gasteiger partial charge >= 0.3 is 0 Å². The van der Waals surface area contributed by atoms with E-state index < -0.39 is 11.6 Å². The largest absolute Gasteiger partial charge is 0.481 e. The topological polar surface area (TPSA) is 81.6 Å². The molecular weight excluding hydrogens is 450 g/mol. The van der Waals surface area contributed by atoms with Crippen LogP contribution in [0.4, 0.5) is 14.6 Å². The second-order valence-electron chi connectivity index (χ2n) is 9.50. The van der Waals surface area contributed by atoms with Gasteiger partial charge in [0.1, 0.15) is 5.52 Å². The maximum atomic E-state index is 14.6. The van der Waals surface area contributed by atoms with Crippen LogP contribution < -0.4 is 15.4 Å². The number of nitrogens with zero attached hydrogens (tertiary/aromatic N) is 5. The van der Waals surface area contributed by atoms with Crippen LogP contribution in [0.15, 0.2) is 42.6 Å². The van der Waals surface area contributed by atoms with Gasteiger partial charge in [0.2, 0.25) is 5.88 Å². The van der Waals surface area contributed by atoms with Crippen molar-refractivity contribution in [3.63, 3.8) is 0 Å². The minimum atomic E-state index is -0.901. The van der Waals surface area contributed by atoms with Gasteiger partial charge in [0.05, 0.1) is 36.4 Å². The standard InChI is InChI=1S/C26H26F2N6O/c1-15-23(17-4-3-5-18(27)21(17)28)34-19(8-11-30-34)25(31-15)33-12-9-26(10-13-33)14-16-6-7-20(35-2)32-22(16)24(26)29/h3-8,11,24H,9-10,12-14,29H2,1-2H3/t24-/m1/s1. The zero-order valence-electron chi connectivity index (χ0n) is 19.6. The summed E-state index contributed by atoms with van der Waals surface area (Å²) < 4.78 is 35.6. The Labute approximate surface area is 201 Å². The fourth-order valence-corrected chi connectivity index (χ4v) is 5.75. The first-order chi connectivity index (χ1) is 16.9. The van der Waals surface area contributed by atoms with E-state index in [4.69, 9.17) is 15.5 Å². The van der Waals surface area contributed by atoms with Crippen molar-refractivity contribution in [1.82, 2.24) is 19.6 Å². The minimum Gasteiger partial charge on any atom is -0.481 e. The monoisotopic (exact) mass is 476 g/mol. The van der Waals surface area contributed by atoms with Gasteiger partial charge in [-0.05, 0) is 55.4 Å². The zero-order valence-corrected chi connectivity index (χ0v) is 19.6. The molecule has 2 N–H and O–H groups in total. The van der Waals surface area contributed by atoms with Crippen LogP contribution in [-0.4, -0.2) is 39.8 Å². The summed E-state index contributed by atoms with van der Waals surface area (Å²) in [6.45, 7) is 3.36. The Morgan fingerprint density at radius 3 is 2.66 bits per heavy atom. The molecule has 1 aromatic carbocycles. The molecule has 3 aromatic heterocycles.